The number of aliphatic hydroxyl groups excluding tert-OH is 1. The fourth-order valence-corrected chi connectivity index (χ4v) is 4.59. The van der Waals surface area contributed by atoms with Gasteiger partial charge in [0.15, 0.2) is 9.84 Å². The van der Waals surface area contributed by atoms with E-state index >= 15 is 0 Å². The molecule has 1 aromatic carbocycles. The van der Waals surface area contributed by atoms with Gasteiger partial charge in [0.05, 0.1) is 11.9 Å². The molecule has 2 rings (SSSR count). The maximum absolute atomic E-state index is 12.0. The second-order valence-electron chi connectivity index (χ2n) is 5.17. The van der Waals surface area contributed by atoms with Crippen LogP contribution in [0.1, 0.15) is 18.1 Å². The van der Waals surface area contributed by atoms with E-state index in [-0.39, 0.29) is 12.3 Å². The van der Waals surface area contributed by atoms with Gasteiger partial charge in [0.1, 0.15) is 4.21 Å². The third-order valence-corrected chi connectivity index (χ3v) is 6.64. The quantitative estimate of drug-likeness (QED) is 0.774. The van der Waals surface area contributed by atoms with Gasteiger partial charge in [-0.3, -0.25) is 0 Å². The normalized spacial score (nSPS) is 13.2. The fourth-order valence-electron chi connectivity index (χ4n) is 2.11. The molecular weight excluding hydrogens is 318 g/mol. The summed E-state index contributed by atoms with van der Waals surface area (Å²) in [4.78, 5) is 0. The second kappa shape index (κ2) is 7.87. The van der Waals surface area contributed by atoms with E-state index in [1.54, 1.807) is 17.5 Å². The minimum atomic E-state index is -3.39. The van der Waals surface area contributed by atoms with Crippen LogP contribution in [0.25, 0.3) is 0 Å². The van der Waals surface area contributed by atoms with Crippen LogP contribution in [0.4, 0.5) is 0 Å². The maximum atomic E-state index is 12.0. The Morgan fingerprint density at radius 2 is 1.86 bits per heavy atom. The van der Waals surface area contributed by atoms with Gasteiger partial charge in [0.2, 0.25) is 0 Å². The van der Waals surface area contributed by atoms with Gasteiger partial charge in [-0.1, -0.05) is 37.3 Å². The molecule has 0 fully saturated rings. The number of rotatable bonds is 8. The van der Waals surface area contributed by atoms with Crippen molar-refractivity contribution in [3.8, 4) is 0 Å². The van der Waals surface area contributed by atoms with E-state index in [9.17, 15) is 13.5 Å². The zero-order valence-corrected chi connectivity index (χ0v) is 14.2. The van der Waals surface area contributed by atoms with Crippen molar-refractivity contribution in [3.05, 3.63) is 52.9 Å². The Balaban J connectivity index is 1.79. The van der Waals surface area contributed by atoms with Crippen LogP contribution in [0.2, 0.25) is 0 Å². The second-order valence-corrected chi connectivity index (χ2v) is 8.38. The molecular formula is C16H21NO3S2. The Hall–Kier alpha value is -1.21. The van der Waals surface area contributed by atoms with E-state index in [0.717, 1.165) is 12.0 Å². The van der Waals surface area contributed by atoms with Crippen molar-refractivity contribution in [1.82, 2.24) is 5.32 Å². The number of aryl methyl sites for hydroxylation is 1. The van der Waals surface area contributed by atoms with Gasteiger partial charge in [-0.2, -0.15) is 0 Å². The molecule has 1 atom stereocenters. The summed E-state index contributed by atoms with van der Waals surface area (Å²) in [5, 5.41) is 14.7. The average Bonchev–Trinajstić information content (AvgIpc) is 3.02. The topological polar surface area (TPSA) is 66.4 Å². The molecule has 2 N–H and O–H groups in total. The number of aliphatic hydroxyl groups is 1. The Labute approximate surface area is 135 Å². The lowest BCUT2D eigenvalue weighted by molar-refractivity contribution is 0.193. The summed E-state index contributed by atoms with van der Waals surface area (Å²) < 4.78 is 24.4. The van der Waals surface area contributed by atoms with E-state index in [1.165, 1.54) is 16.9 Å². The van der Waals surface area contributed by atoms with Crippen molar-refractivity contribution in [2.24, 2.45) is 0 Å². The van der Waals surface area contributed by atoms with E-state index in [1.807, 2.05) is 12.1 Å². The molecule has 0 aliphatic carbocycles. The molecule has 0 bridgehead atoms. The van der Waals surface area contributed by atoms with Crippen molar-refractivity contribution >= 4 is 21.2 Å². The van der Waals surface area contributed by atoms with Crippen LogP contribution in [0.15, 0.2) is 46.0 Å². The lowest BCUT2D eigenvalue weighted by Crippen LogP contribution is -2.32. The van der Waals surface area contributed by atoms with Gasteiger partial charge in [0.25, 0.3) is 0 Å². The molecule has 0 aliphatic heterocycles. The van der Waals surface area contributed by atoms with Gasteiger partial charge in [-0.15, -0.1) is 11.3 Å². The van der Waals surface area contributed by atoms with E-state index in [2.05, 4.69) is 24.4 Å². The molecule has 0 amide bonds. The zero-order valence-electron chi connectivity index (χ0n) is 12.5. The number of nitrogens with one attached hydrogen (secondary N) is 1. The van der Waals surface area contributed by atoms with Gasteiger partial charge < -0.3 is 10.4 Å². The van der Waals surface area contributed by atoms with Crippen LogP contribution >= 0.6 is 11.3 Å². The van der Waals surface area contributed by atoms with E-state index in [0.29, 0.717) is 10.8 Å². The number of benzene rings is 1. The molecule has 0 aliphatic rings. The SMILES string of the molecule is CCc1ccc(CNCC(O)CS(=O)(=O)c2cccs2)cc1. The number of hydrogen-bond donors (Lipinski definition) is 2. The van der Waals surface area contributed by atoms with Crippen LogP contribution < -0.4 is 5.32 Å². The molecule has 4 nitrogen and oxygen atoms in total. The van der Waals surface area contributed by atoms with E-state index in [4.69, 9.17) is 0 Å². The first-order chi connectivity index (χ1) is 10.5. The Morgan fingerprint density at radius 1 is 1.18 bits per heavy atom. The summed E-state index contributed by atoms with van der Waals surface area (Å²) in [6.45, 7) is 2.97. The minimum Gasteiger partial charge on any atom is -0.391 e. The standard InChI is InChI=1S/C16H21NO3S2/c1-2-13-5-7-14(8-6-13)10-17-11-15(18)12-22(19,20)16-4-3-9-21-16/h3-9,15,17-18H,2,10-12H2,1H3. The Bertz CT molecular complexity index is 664. The summed E-state index contributed by atoms with van der Waals surface area (Å²) in [5.41, 5.74) is 2.40. The number of thiophene rings is 1. The predicted molar refractivity (Wildman–Crippen MR) is 89.9 cm³/mol. The third kappa shape index (κ3) is 4.91. The van der Waals surface area contributed by atoms with Gasteiger partial charge in [-0.05, 0) is 29.0 Å². The molecule has 2 aromatic rings. The molecule has 0 spiro atoms. The largest absolute Gasteiger partial charge is 0.391 e. The van der Waals surface area contributed by atoms with Gasteiger partial charge >= 0.3 is 0 Å². The van der Waals surface area contributed by atoms with Crippen LogP contribution in [-0.2, 0) is 22.8 Å². The summed E-state index contributed by atoms with van der Waals surface area (Å²) in [6, 6.07) is 11.5. The number of sulfone groups is 1. The summed E-state index contributed by atoms with van der Waals surface area (Å²) >= 11 is 1.18. The molecule has 6 heteroatoms. The minimum absolute atomic E-state index is 0.250. The van der Waals surface area contributed by atoms with Crippen LogP contribution in [0.3, 0.4) is 0 Å². The smallest absolute Gasteiger partial charge is 0.190 e. The first kappa shape index (κ1) is 17.1. The summed E-state index contributed by atoms with van der Waals surface area (Å²) in [6.07, 6.45) is 0.0921. The van der Waals surface area contributed by atoms with Gasteiger partial charge in [0, 0.05) is 13.1 Å². The summed E-state index contributed by atoms with van der Waals surface area (Å²) in [5.74, 6) is -0.255. The molecule has 1 unspecified atom stereocenters. The highest BCUT2D eigenvalue weighted by Crippen LogP contribution is 2.18. The van der Waals surface area contributed by atoms with Crippen LogP contribution in [-0.4, -0.2) is 31.9 Å². The molecule has 22 heavy (non-hydrogen) atoms. The molecule has 0 saturated carbocycles. The predicted octanol–water partition coefficient (Wildman–Crippen LogP) is 2.23. The van der Waals surface area contributed by atoms with Crippen molar-refractivity contribution in [3.63, 3.8) is 0 Å². The monoisotopic (exact) mass is 339 g/mol. The maximum Gasteiger partial charge on any atom is 0.190 e. The Kier molecular flexibility index (Phi) is 6.14. The van der Waals surface area contributed by atoms with Crippen molar-refractivity contribution in [2.45, 2.75) is 30.2 Å². The zero-order chi connectivity index (χ0) is 16.0. The Morgan fingerprint density at radius 3 is 2.45 bits per heavy atom. The third-order valence-electron chi connectivity index (χ3n) is 3.35. The van der Waals surface area contributed by atoms with Crippen LogP contribution in [0.5, 0.6) is 0 Å². The first-order valence-electron chi connectivity index (χ1n) is 7.24. The highest BCUT2D eigenvalue weighted by atomic mass is 32.2. The van der Waals surface area contributed by atoms with Crippen molar-refractivity contribution in [2.75, 3.05) is 12.3 Å². The average molecular weight is 339 g/mol. The van der Waals surface area contributed by atoms with E-state index < -0.39 is 15.9 Å². The number of hydrogen-bond acceptors (Lipinski definition) is 5. The molecule has 120 valence electrons. The molecule has 0 saturated heterocycles. The lowest BCUT2D eigenvalue weighted by Gasteiger charge is -2.12. The van der Waals surface area contributed by atoms with Gasteiger partial charge in [-0.25, -0.2) is 8.42 Å². The molecule has 0 radical (unpaired) electrons. The van der Waals surface area contributed by atoms with Crippen LogP contribution in [0, 0.1) is 0 Å². The summed E-state index contributed by atoms with van der Waals surface area (Å²) in [7, 11) is -3.39. The van der Waals surface area contributed by atoms with Crippen molar-refractivity contribution in [1.29, 1.82) is 0 Å². The highest BCUT2D eigenvalue weighted by molar-refractivity contribution is 7.93. The fraction of sp³-hybridized carbons (Fsp3) is 0.375. The lowest BCUT2D eigenvalue weighted by atomic mass is 10.1. The molecule has 1 heterocycles. The molecule has 1 aromatic heterocycles. The van der Waals surface area contributed by atoms with Crippen molar-refractivity contribution < 1.29 is 13.5 Å². The highest BCUT2D eigenvalue weighted by Gasteiger charge is 2.20. The first-order valence-corrected chi connectivity index (χ1v) is 9.77.